The lowest BCUT2D eigenvalue weighted by Crippen LogP contribution is -2.27. The Morgan fingerprint density at radius 2 is 1.86 bits per heavy atom. The lowest BCUT2D eigenvalue weighted by Gasteiger charge is -2.11. The second-order valence-corrected chi connectivity index (χ2v) is 5.34. The highest BCUT2D eigenvalue weighted by atomic mass is 32.1. The standard InChI is InChI=1S/C17H18N2OS/c1-12-6-8-14(9-7-12)11-18-17(21)19-16-5-3-4-15(10-16)13(2)20/h3-10H,11H2,1-2H3,(H2,18,19,21). The van der Waals surface area contributed by atoms with E-state index in [1.807, 2.05) is 12.1 Å². The molecule has 3 nitrogen and oxygen atoms in total. The first-order valence-corrected chi connectivity index (χ1v) is 7.17. The summed E-state index contributed by atoms with van der Waals surface area (Å²) in [5.74, 6) is 0.0391. The summed E-state index contributed by atoms with van der Waals surface area (Å²) in [7, 11) is 0. The predicted octanol–water partition coefficient (Wildman–Crippen LogP) is 3.68. The van der Waals surface area contributed by atoms with Crippen LogP contribution in [0.4, 0.5) is 5.69 Å². The quantitative estimate of drug-likeness (QED) is 0.667. The minimum absolute atomic E-state index is 0.0391. The first-order valence-electron chi connectivity index (χ1n) is 6.76. The molecule has 108 valence electrons. The molecular weight excluding hydrogens is 280 g/mol. The molecule has 0 aromatic heterocycles. The minimum Gasteiger partial charge on any atom is -0.358 e. The Balaban J connectivity index is 1.91. The number of carbonyl (C=O) groups is 1. The van der Waals surface area contributed by atoms with E-state index in [1.165, 1.54) is 11.1 Å². The average molecular weight is 298 g/mol. The van der Waals surface area contributed by atoms with Gasteiger partial charge in [-0.15, -0.1) is 0 Å². The lowest BCUT2D eigenvalue weighted by atomic mass is 10.1. The van der Waals surface area contributed by atoms with Crippen LogP contribution in [-0.2, 0) is 6.54 Å². The van der Waals surface area contributed by atoms with E-state index < -0.39 is 0 Å². The summed E-state index contributed by atoms with van der Waals surface area (Å²) in [6.45, 7) is 4.27. The summed E-state index contributed by atoms with van der Waals surface area (Å²) >= 11 is 5.26. The Morgan fingerprint density at radius 1 is 1.14 bits per heavy atom. The number of hydrogen-bond acceptors (Lipinski definition) is 2. The average Bonchev–Trinajstić information content (AvgIpc) is 2.47. The number of hydrogen-bond donors (Lipinski definition) is 2. The summed E-state index contributed by atoms with van der Waals surface area (Å²) < 4.78 is 0. The first kappa shape index (κ1) is 15.2. The van der Waals surface area contributed by atoms with Crippen LogP contribution in [-0.4, -0.2) is 10.9 Å². The van der Waals surface area contributed by atoms with E-state index in [-0.39, 0.29) is 5.78 Å². The maximum Gasteiger partial charge on any atom is 0.171 e. The highest BCUT2D eigenvalue weighted by Crippen LogP contribution is 2.11. The summed E-state index contributed by atoms with van der Waals surface area (Å²) in [6.07, 6.45) is 0. The molecule has 0 saturated heterocycles. The first-order chi connectivity index (χ1) is 10.0. The van der Waals surface area contributed by atoms with E-state index in [0.717, 1.165) is 5.69 Å². The Morgan fingerprint density at radius 3 is 2.52 bits per heavy atom. The van der Waals surface area contributed by atoms with Gasteiger partial charge in [-0.2, -0.15) is 0 Å². The SMILES string of the molecule is CC(=O)c1cccc(NC(=S)NCc2ccc(C)cc2)c1. The Kier molecular flexibility index (Phi) is 5.06. The molecule has 2 N–H and O–H groups in total. The minimum atomic E-state index is 0.0391. The van der Waals surface area contributed by atoms with Gasteiger partial charge < -0.3 is 10.6 Å². The van der Waals surface area contributed by atoms with Crippen molar-refractivity contribution in [1.29, 1.82) is 0 Å². The normalized spacial score (nSPS) is 10.0. The molecule has 0 heterocycles. The summed E-state index contributed by atoms with van der Waals surface area (Å²) in [4.78, 5) is 11.3. The second-order valence-electron chi connectivity index (χ2n) is 4.93. The fourth-order valence-corrected chi connectivity index (χ4v) is 2.07. The van der Waals surface area contributed by atoms with Crippen LogP contribution in [0.3, 0.4) is 0 Å². The maximum atomic E-state index is 11.3. The molecule has 0 aliphatic rings. The third-order valence-corrected chi connectivity index (χ3v) is 3.35. The monoisotopic (exact) mass is 298 g/mol. The van der Waals surface area contributed by atoms with Crippen molar-refractivity contribution in [3.63, 3.8) is 0 Å². The smallest absolute Gasteiger partial charge is 0.171 e. The third kappa shape index (κ3) is 4.68. The van der Waals surface area contributed by atoms with Crippen LogP contribution in [0, 0.1) is 6.92 Å². The molecule has 0 aliphatic carbocycles. The van der Waals surface area contributed by atoms with E-state index in [2.05, 4.69) is 41.8 Å². The van der Waals surface area contributed by atoms with Crippen molar-refractivity contribution in [1.82, 2.24) is 5.32 Å². The molecule has 0 bridgehead atoms. The molecule has 2 aromatic carbocycles. The van der Waals surface area contributed by atoms with Gasteiger partial charge in [0.15, 0.2) is 10.9 Å². The molecule has 0 radical (unpaired) electrons. The number of nitrogens with one attached hydrogen (secondary N) is 2. The van der Waals surface area contributed by atoms with Crippen LogP contribution < -0.4 is 10.6 Å². The number of carbonyl (C=O) groups excluding carboxylic acids is 1. The van der Waals surface area contributed by atoms with Crippen molar-refractivity contribution in [2.75, 3.05) is 5.32 Å². The number of Topliss-reactive ketones (excluding diaryl/α,β-unsaturated/α-hetero) is 1. The molecule has 0 aliphatic heterocycles. The van der Waals surface area contributed by atoms with Gasteiger partial charge in [-0.3, -0.25) is 4.79 Å². The lowest BCUT2D eigenvalue weighted by molar-refractivity contribution is 0.101. The Labute approximate surface area is 130 Å². The van der Waals surface area contributed by atoms with Crippen LogP contribution >= 0.6 is 12.2 Å². The Bertz CT molecular complexity index is 650. The van der Waals surface area contributed by atoms with Crippen LogP contribution in [0.2, 0.25) is 0 Å². The van der Waals surface area contributed by atoms with Crippen molar-refractivity contribution in [2.45, 2.75) is 20.4 Å². The van der Waals surface area contributed by atoms with Gasteiger partial charge in [-0.25, -0.2) is 0 Å². The zero-order valence-electron chi connectivity index (χ0n) is 12.1. The number of anilines is 1. The molecule has 0 saturated carbocycles. The highest BCUT2D eigenvalue weighted by Gasteiger charge is 2.02. The van der Waals surface area contributed by atoms with Crippen molar-refractivity contribution in [3.8, 4) is 0 Å². The van der Waals surface area contributed by atoms with Gasteiger partial charge in [0, 0.05) is 17.8 Å². The molecule has 0 atom stereocenters. The van der Waals surface area contributed by atoms with Gasteiger partial charge in [0.2, 0.25) is 0 Å². The number of ketones is 1. The van der Waals surface area contributed by atoms with Crippen LogP contribution in [0.5, 0.6) is 0 Å². The van der Waals surface area contributed by atoms with Gasteiger partial charge in [-0.1, -0.05) is 42.0 Å². The van der Waals surface area contributed by atoms with E-state index >= 15 is 0 Å². The molecule has 2 aromatic rings. The molecule has 0 unspecified atom stereocenters. The van der Waals surface area contributed by atoms with Crippen molar-refractivity contribution < 1.29 is 4.79 Å². The molecule has 0 amide bonds. The van der Waals surface area contributed by atoms with Crippen LogP contribution in [0.1, 0.15) is 28.4 Å². The van der Waals surface area contributed by atoms with Gasteiger partial charge in [0.1, 0.15) is 0 Å². The van der Waals surface area contributed by atoms with E-state index in [1.54, 1.807) is 19.1 Å². The van der Waals surface area contributed by atoms with Crippen LogP contribution in [0.25, 0.3) is 0 Å². The topological polar surface area (TPSA) is 41.1 Å². The summed E-state index contributed by atoms with van der Waals surface area (Å²) in [6, 6.07) is 15.6. The van der Waals surface area contributed by atoms with Gasteiger partial charge in [0.05, 0.1) is 0 Å². The summed E-state index contributed by atoms with van der Waals surface area (Å²) in [5.41, 5.74) is 3.88. The van der Waals surface area contributed by atoms with E-state index in [9.17, 15) is 4.79 Å². The highest BCUT2D eigenvalue weighted by molar-refractivity contribution is 7.80. The van der Waals surface area contributed by atoms with E-state index in [4.69, 9.17) is 12.2 Å². The van der Waals surface area contributed by atoms with Crippen molar-refractivity contribution in [2.24, 2.45) is 0 Å². The number of thiocarbonyl (C=S) groups is 1. The Hall–Kier alpha value is -2.20. The molecule has 2 rings (SSSR count). The maximum absolute atomic E-state index is 11.3. The zero-order chi connectivity index (χ0) is 15.2. The fraction of sp³-hybridized carbons (Fsp3) is 0.176. The van der Waals surface area contributed by atoms with Crippen molar-refractivity contribution >= 4 is 28.8 Å². The largest absolute Gasteiger partial charge is 0.358 e. The van der Waals surface area contributed by atoms with Crippen LogP contribution in [0.15, 0.2) is 48.5 Å². The predicted molar refractivity (Wildman–Crippen MR) is 90.7 cm³/mol. The van der Waals surface area contributed by atoms with Gasteiger partial charge in [-0.05, 0) is 43.8 Å². The number of rotatable bonds is 4. The van der Waals surface area contributed by atoms with Gasteiger partial charge >= 0.3 is 0 Å². The van der Waals surface area contributed by atoms with Gasteiger partial charge in [0.25, 0.3) is 0 Å². The zero-order valence-corrected chi connectivity index (χ0v) is 13.0. The molecule has 0 fully saturated rings. The molecular formula is C17H18N2OS. The second kappa shape index (κ2) is 6.99. The molecule has 0 spiro atoms. The fourth-order valence-electron chi connectivity index (χ4n) is 1.88. The van der Waals surface area contributed by atoms with Crippen molar-refractivity contribution in [3.05, 3.63) is 65.2 Å². The molecule has 21 heavy (non-hydrogen) atoms. The van der Waals surface area contributed by atoms with E-state index in [0.29, 0.717) is 17.2 Å². The number of aryl methyl sites for hydroxylation is 1. The summed E-state index contributed by atoms with van der Waals surface area (Å²) in [5, 5.41) is 6.78. The molecule has 4 heteroatoms. The number of benzene rings is 2. The third-order valence-electron chi connectivity index (χ3n) is 3.10.